The highest BCUT2D eigenvalue weighted by molar-refractivity contribution is 5.94. The molecule has 1 N–H and O–H groups in total. The molecule has 0 aliphatic carbocycles. The Morgan fingerprint density at radius 1 is 1.44 bits per heavy atom. The first-order valence-electron chi connectivity index (χ1n) is 5.25. The maximum atomic E-state index is 11.4. The van der Waals surface area contributed by atoms with E-state index < -0.39 is 16.9 Å². The van der Waals surface area contributed by atoms with Gasteiger partial charge in [-0.2, -0.15) is 0 Å². The smallest absolute Gasteiger partial charge is 0.329 e. The summed E-state index contributed by atoms with van der Waals surface area (Å²) in [5.74, 6) is -0.666. The van der Waals surface area contributed by atoms with Gasteiger partial charge in [-0.1, -0.05) is 0 Å². The van der Waals surface area contributed by atoms with Crippen LogP contribution in [-0.2, 0) is 20.9 Å². The van der Waals surface area contributed by atoms with E-state index in [1.165, 1.54) is 24.3 Å². The van der Waals surface area contributed by atoms with Gasteiger partial charge in [-0.05, 0) is 17.7 Å². The fourth-order valence-electron chi connectivity index (χ4n) is 1.47. The quantitative estimate of drug-likeness (QED) is 0.363. The summed E-state index contributed by atoms with van der Waals surface area (Å²) in [6, 6.07) is 5.16. The summed E-state index contributed by atoms with van der Waals surface area (Å²) >= 11 is 0. The highest BCUT2D eigenvalue weighted by atomic mass is 16.6. The van der Waals surface area contributed by atoms with Crippen LogP contribution in [-0.4, -0.2) is 22.8 Å². The lowest BCUT2D eigenvalue weighted by atomic mass is 10.1. The van der Waals surface area contributed by atoms with Crippen LogP contribution in [0.15, 0.2) is 24.3 Å². The van der Waals surface area contributed by atoms with Crippen molar-refractivity contribution in [2.45, 2.75) is 19.1 Å². The zero-order valence-electron chi connectivity index (χ0n) is 9.29. The number of non-ortho nitro benzene ring substituents is 1. The molecule has 94 valence electrons. The summed E-state index contributed by atoms with van der Waals surface area (Å²) in [6.07, 6.45) is 0.152. The SMILES string of the molecule is O=C1CC(C(=O)OCc2ccc([N+](=O)[O-])cc2)N1. The van der Waals surface area contributed by atoms with E-state index >= 15 is 0 Å². The van der Waals surface area contributed by atoms with E-state index in [4.69, 9.17) is 4.74 Å². The summed E-state index contributed by atoms with van der Waals surface area (Å²) in [7, 11) is 0. The lowest BCUT2D eigenvalue weighted by molar-refractivity contribution is -0.384. The molecule has 2 rings (SSSR count). The van der Waals surface area contributed by atoms with Gasteiger partial charge in [-0.3, -0.25) is 14.9 Å². The maximum absolute atomic E-state index is 11.4. The summed E-state index contributed by atoms with van der Waals surface area (Å²) < 4.78 is 4.96. The molecule has 1 aromatic carbocycles. The Labute approximate surface area is 102 Å². The number of carbonyl (C=O) groups excluding carboxylic acids is 2. The standard InChI is InChI=1S/C11H10N2O5/c14-10-5-9(12-10)11(15)18-6-7-1-3-8(4-2-7)13(16)17/h1-4,9H,5-6H2,(H,12,14). The summed E-state index contributed by atoms with van der Waals surface area (Å²) in [6.45, 7) is 0.0310. The number of amides is 1. The molecule has 1 aliphatic heterocycles. The molecule has 1 unspecified atom stereocenters. The molecule has 1 aliphatic rings. The number of hydrogen-bond acceptors (Lipinski definition) is 5. The van der Waals surface area contributed by atoms with Gasteiger partial charge >= 0.3 is 5.97 Å². The third-order valence-corrected chi connectivity index (χ3v) is 2.54. The van der Waals surface area contributed by atoms with Crippen LogP contribution < -0.4 is 5.32 Å². The first-order chi connectivity index (χ1) is 8.56. The average Bonchev–Trinajstić information content (AvgIpc) is 2.32. The normalized spacial score (nSPS) is 17.6. The number of nitro benzene ring substituents is 1. The van der Waals surface area contributed by atoms with Gasteiger partial charge in [0.2, 0.25) is 5.91 Å². The molecule has 1 fully saturated rings. The van der Waals surface area contributed by atoms with E-state index in [9.17, 15) is 19.7 Å². The molecule has 1 saturated heterocycles. The fraction of sp³-hybridized carbons (Fsp3) is 0.273. The average molecular weight is 250 g/mol. The van der Waals surface area contributed by atoms with Crippen LogP contribution in [0.2, 0.25) is 0 Å². The molecule has 1 heterocycles. The second kappa shape index (κ2) is 4.82. The van der Waals surface area contributed by atoms with Gasteiger partial charge in [0.1, 0.15) is 12.6 Å². The van der Waals surface area contributed by atoms with E-state index in [2.05, 4.69) is 5.32 Å². The van der Waals surface area contributed by atoms with Crippen molar-refractivity contribution in [3.63, 3.8) is 0 Å². The largest absolute Gasteiger partial charge is 0.459 e. The predicted octanol–water partition coefficient (Wildman–Crippen LogP) is 0.526. The maximum Gasteiger partial charge on any atom is 0.329 e. The molecule has 1 amide bonds. The van der Waals surface area contributed by atoms with E-state index in [1.54, 1.807) is 0 Å². The highest BCUT2D eigenvalue weighted by Crippen LogP contribution is 2.13. The molecule has 1 atom stereocenters. The fourth-order valence-corrected chi connectivity index (χ4v) is 1.47. The Balaban J connectivity index is 1.84. The van der Waals surface area contributed by atoms with Crippen molar-refractivity contribution >= 4 is 17.6 Å². The Hall–Kier alpha value is -2.44. The summed E-state index contributed by atoms with van der Waals surface area (Å²) in [5.41, 5.74) is 0.635. The number of ether oxygens (including phenoxy) is 1. The van der Waals surface area contributed by atoms with Gasteiger partial charge in [0.25, 0.3) is 5.69 Å². The van der Waals surface area contributed by atoms with Crippen LogP contribution >= 0.6 is 0 Å². The number of β-lactam (4-membered cyclic amide) rings is 1. The van der Waals surface area contributed by atoms with Gasteiger partial charge in [-0.25, -0.2) is 4.79 Å². The Morgan fingerprint density at radius 3 is 2.56 bits per heavy atom. The summed E-state index contributed by atoms with van der Waals surface area (Å²) in [4.78, 5) is 31.9. The number of hydrogen-bond donors (Lipinski definition) is 1. The predicted molar refractivity (Wildman–Crippen MR) is 59.4 cm³/mol. The molecule has 0 aromatic heterocycles. The number of nitro groups is 1. The van der Waals surface area contributed by atoms with Crippen LogP contribution in [0, 0.1) is 10.1 Å². The van der Waals surface area contributed by atoms with Crippen molar-refractivity contribution in [3.05, 3.63) is 39.9 Å². The number of rotatable bonds is 4. The van der Waals surface area contributed by atoms with Crippen molar-refractivity contribution < 1.29 is 19.2 Å². The lowest BCUT2D eigenvalue weighted by Crippen LogP contribution is -2.53. The minimum absolute atomic E-state index is 0.0173. The third-order valence-electron chi connectivity index (χ3n) is 2.54. The monoisotopic (exact) mass is 250 g/mol. The van der Waals surface area contributed by atoms with Gasteiger partial charge in [0, 0.05) is 12.1 Å². The Morgan fingerprint density at radius 2 is 2.06 bits per heavy atom. The first kappa shape index (κ1) is 12.0. The van der Waals surface area contributed by atoms with Gasteiger partial charge in [0.15, 0.2) is 0 Å². The van der Waals surface area contributed by atoms with Crippen molar-refractivity contribution in [2.24, 2.45) is 0 Å². The molecule has 7 heteroatoms. The second-order valence-corrected chi connectivity index (χ2v) is 3.86. The molecular weight excluding hydrogens is 240 g/mol. The molecule has 18 heavy (non-hydrogen) atoms. The Bertz CT molecular complexity index is 489. The van der Waals surface area contributed by atoms with Crippen LogP contribution in [0.1, 0.15) is 12.0 Å². The minimum atomic E-state index is -0.560. The number of nitrogens with zero attached hydrogens (tertiary/aromatic N) is 1. The number of carbonyl (C=O) groups is 2. The first-order valence-corrected chi connectivity index (χ1v) is 5.25. The third kappa shape index (κ3) is 2.62. The minimum Gasteiger partial charge on any atom is -0.459 e. The lowest BCUT2D eigenvalue weighted by Gasteiger charge is -2.24. The van der Waals surface area contributed by atoms with E-state index in [0.29, 0.717) is 5.56 Å². The topological polar surface area (TPSA) is 98.5 Å². The zero-order valence-corrected chi connectivity index (χ0v) is 9.29. The van der Waals surface area contributed by atoms with Crippen molar-refractivity contribution in [1.29, 1.82) is 0 Å². The molecule has 7 nitrogen and oxygen atoms in total. The second-order valence-electron chi connectivity index (χ2n) is 3.86. The molecule has 0 bridgehead atoms. The van der Waals surface area contributed by atoms with Crippen LogP contribution in [0.25, 0.3) is 0 Å². The molecule has 0 saturated carbocycles. The Kier molecular flexibility index (Phi) is 3.22. The van der Waals surface area contributed by atoms with Gasteiger partial charge < -0.3 is 10.1 Å². The number of esters is 1. The zero-order chi connectivity index (χ0) is 13.1. The molecule has 1 aromatic rings. The van der Waals surface area contributed by atoms with Gasteiger partial charge in [0.05, 0.1) is 11.3 Å². The van der Waals surface area contributed by atoms with E-state index in [1.807, 2.05) is 0 Å². The van der Waals surface area contributed by atoms with Crippen LogP contribution in [0.3, 0.4) is 0 Å². The van der Waals surface area contributed by atoms with Crippen LogP contribution in [0.4, 0.5) is 5.69 Å². The van der Waals surface area contributed by atoms with Crippen molar-refractivity contribution in [2.75, 3.05) is 0 Å². The van der Waals surface area contributed by atoms with Gasteiger partial charge in [-0.15, -0.1) is 0 Å². The highest BCUT2D eigenvalue weighted by Gasteiger charge is 2.32. The number of nitrogens with one attached hydrogen (secondary N) is 1. The summed E-state index contributed by atoms with van der Waals surface area (Å²) in [5, 5.41) is 12.8. The van der Waals surface area contributed by atoms with E-state index in [-0.39, 0.29) is 24.6 Å². The van der Waals surface area contributed by atoms with Crippen molar-refractivity contribution in [3.8, 4) is 0 Å². The van der Waals surface area contributed by atoms with Crippen LogP contribution in [0.5, 0.6) is 0 Å². The molecular formula is C11H10N2O5. The molecule has 0 radical (unpaired) electrons. The molecule has 0 spiro atoms. The van der Waals surface area contributed by atoms with E-state index in [0.717, 1.165) is 0 Å². The number of benzene rings is 1. The van der Waals surface area contributed by atoms with Crippen molar-refractivity contribution in [1.82, 2.24) is 5.32 Å².